The number of nitrogens with one attached hydrogen (secondary N) is 1. The summed E-state index contributed by atoms with van der Waals surface area (Å²) in [6.07, 6.45) is 1.50. The fourth-order valence-electron chi connectivity index (χ4n) is 3.53. The molecule has 1 fully saturated rings. The van der Waals surface area contributed by atoms with Gasteiger partial charge in [-0.15, -0.1) is 0 Å². The SMILES string of the molecule is Cc1cc(Br)ccc1N1C(=O)/C(=C/c2ccc(OCc3cccc(C(=O)O)c3)cc2)C(=O)NC1=S. The number of rotatable bonds is 6. The summed E-state index contributed by atoms with van der Waals surface area (Å²) in [5.41, 5.74) is 2.91. The molecule has 0 aromatic heterocycles. The molecule has 176 valence electrons. The maximum Gasteiger partial charge on any atom is 0.335 e. The summed E-state index contributed by atoms with van der Waals surface area (Å²) in [5.74, 6) is -1.52. The summed E-state index contributed by atoms with van der Waals surface area (Å²) in [4.78, 5) is 38.2. The highest BCUT2D eigenvalue weighted by atomic mass is 79.9. The number of thiocarbonyl (C=S) groups is 1. The molecule has 0 spiro atoms. The Kier molecular flexibility index (Phi) is 7.09. The lowest BCUT2D eigenvalue weighted by Gasteiger charge is -2.30. The highest BCUT2D eigenvalue weighted by Gasteiger charge is 2.35. The average Bonchev–Trinajstić information content (AvgIpc) is 2.82. The highest BCUT2D eigenvalue weighted by Crippen LogP contribution is 2.28. The minimum atomic E-state index is -1.000. The summed E-state index contributed by atoms with van der Waals surface area (Å²) in [5, 5.41) is 11.7. The van der Waals surface area contributed by atoms with Crippen molar-refractivity contribution in [2.24, 2.45) is 0 Å². The van der Waals surface area contributed by atoms with Crippen LogP contribution in [0.25, 0.3) is 6.08 Å². The lowest BCUT2D eigenvalue weighted by Crippen LogP contribution is -2.54. The summed E-state index contributed by atoms with van der Waals surface area (Å²) < 4.78 is 6.60. The van der Waals surface area contributed by atoms with E-state index in [1.54, 1.807) is 54.6 Å². The van der Waals surface area contributed by atoms with Gasteiger partial charge in [-0.1, -0.05) is 40.2 Å². The van der Waals surface area contributed by atoms with E-state index in [1.165, 1.54) is 17.0 Å². The number of hydrogen-bond acceptors (Lipinski definition) is 5. The van der Waals surface area contributed by atoms with Gasteiger partial charge in [-0.2, -0.15) is 0 Å². The molecule has 35 heavy (non-hydrogen) atoms. The predicted octanol–water partition coefficient (Wildman–Crippen LogP) is 4.87. The van der Waals surface area contributed by atoms with Crippen LogP contribution in [0.2, 0.25) is 0 Å². The van der Waals surface area contributed by atoms with E-state index in [9.17, 15) is 14.4 Å². The zero-order valence-corrected chi connectivity index (χ0v) is 20.9. The van der Waals surface area contributed by atoms with Gasteiger partial charge in [0.05, 0.1) is 11.3 Å². The fourth-order valence-corrected chi connectivity index (χ4v) is 4.28. The number of nitrogens with zero attached hydrogens (tertiary/aromatic N) is 1. The number of carbonyl (C=O) groups is 3. The molecule has 1 heterocycles. The van der Waals surface area contributed by atoms with Gasteiger partial charge in [-0.3, -0.25) is 19.8 Å². The van der Waals surface area contributed by atoms with Crippen LogP contribution in [0.1, 0.15) is 27.0 Å². The van der Waals surface area contributed by atoms with Crippen LogP contribution >= 0.6 is 28.1 Å². The van der Waals surface area contributed by atoms with E-state index in [0.717, 1.165) is 15.6 Å². The number of carboxylic acid groups (broad SMARTS) is 1. The average molecular weight is 551 g/mol. The second-order valence-corrected chi connectivity index (χ2v) is 9.05. The van der Waals surface area contributed by atoms with Crippen molar-refractivity contribution in [2.45, 2.75) is 13.5 Å². The lowest BCUT2D eigenvalue weighted by atomic mass is 10.1. The standard InChI is InChI=1S/C26H19BrN2O5S/c1-15-11-19(27)7-10-22(15)29-24(31)21(23(30)28-26(29)35)13-16-5-8-20(9-6-16)34-14-17-3-2-4-18(12-17)25(32)33/h2-13H,14H2,1H3,(H,32,33)(H,28,30,35)/b21-13+. The molecule has 3 aromatic carbocycles. The first-order chi connectivity index (χ1) is 16.7. The van der Waals surface area contributed by atoms with Gasteiger partial charge in [0, 0.05) is 4.47 Å². The van der Waals surface area contributed by atoms with E-state index >= 15 is 0 Å². The zero-order chi connectivity index (χ0) is 25.1. The van der Waals surface area contributed by atoms with Crippen LogP contribution in [0.15, 0.2) is 76.8 Å². The van der Waals surface area contributed by atoms with Crippen LogP contribution in [-0.2, 0) is 16.2 Å². The first-order valence-corrected chi connectivity index (χ1v) is 11.7. The Hall–Kier alpha value is -3.82. The summed E-state index contributed by atoms with van der Waals surface area (Å²) in [6.45, 7) is 2.05. The smallest absolute Gasteiger partial charge is 0.335 e. The number of aromatic carboxylic acids is 1. The van der Waals surface area contributed by atoms with Gasteiger partial charge in [0.2, 0.25) is 0 Å². The molecule has 9 heteroatoms. The molecule has 2 N–H and O–H groups in total. The van der Waals surface area contributed by atoms with Crippen LogP contribution in [-0.4, -0.2) is 28.0 Å². The van der Waals surface area contributed by atoms with Gasteiger partial charge < -0.3 is 9.84 Å². The molecule has 0 saturated carbocycles. The Balaban J connectivity index is 1.51. The Morgan fingerprint density at radius 1 is 1.11 bits per heavy atom. The molecular weight excluding hydrogens is 532 g/mol. The molecule has 0 bridgehead atoms. The van der Waals surface area contributed by atoms with E-state index in [2.05, 4.69) is 21.2 Å². The third kappa shape index (κ3) is 5.47. The molecule has 7 nitrogen and oxygen atoms in total. The molecule has 2 amide bonds. The fraction of sp³-hybridized carbons (Fsp3) is 0.0769. The number of hydrogen-bond donors (Lipinski definition) is 2. The van der Waals surface area contributed by atoms with Crippen molar-refractivity contribution >= 4 is 62.8 Å². The van der Waals surface area contributed by atoms with Crippen LogP contribution < -0.4 is 15.0 Å². The maximum atomic E-state index is 13.2. The number of halogens is 1. The minimum absolute atomic E-state index is 0.0262. The van der Waals surface area contributed by atoms with Crippen molar-refractivity contribution in [3.05, 3.63) is 99.0 Å². The Morgan fingerprint density at radius 2 is 1.86 bits per heavy atom. The van der Waals surface area contributed by atoms with E-state index < -0.39 is 17.8 Å². The number of amides is 2. The zero-order valence-electron chi connectivity index (χ0n) is 18.4. The second kappa shape index (κ2) is 10.2. The summed E-state index contributed by atoms with van der Waals surface area (Å²) >= 11 is 8.67. The molecule has 4 rings (SSSR count). The predicted molar refractivity (Wildman–Crippen MR) is 139 cm³/mol. The summed E-state index contributed by atoms with van der Waals surface area (Å²) in [6, 6.07) is 18.8. The van der Waals surface area contributed by atoms with Crippen LogP contribution in [0.3, 0.4) is 0 Å². The highest BCUT2D eigenvalue weighted by molar-refractivity contribution is 9.10. The van der Waals surface area contributed by atoms with Crippen LogP contribution in [0.4, 0.5) is 5.69 Å². The third-order valence-corrected chi connectivity index (χ3v) is 6.05. The number of aryl methyl sites for hydroxylation is 1. The molecule has 1 aliphatic rings. The van der Waals surface area contributed by atoms with Crippen LogP contribution in [0, 0.1) is 6.92 Å². The monoisotopic (exact) mass is 550 g/mol. The molecule has 0 radical (unpaired) electrons. The Morgan fingerprint density at radius 3 is 2.54 bits per heavy atom. The molecule has 0 unspecified atom stereocenters. The van der Waals surface area contributed by atoms with Crippen molar-refractivity contribution < 1.29 is 24.2 Å². The molecule has 1 aliphatic heterocycles. The quantitative estimate of drug-likeness (QED) is 0.258. The normalized spacial score (nSPS) is 14.7. The third-order valence-electron chi connectivity index (χ3n) is 5.27. The number of ether oxygens (including phenoxy) is 1. The van der Waals surface area contributed by atoms with Crippen molar-refractivity contribution in [3.8, 4) is 5.75 Å². The van der Waals surface area contributed by atoms with Gasteiger partial charge >= 0.3 is 5.97 Å². The molecule has 1 saturated heterocycles. The first-order valence-electron chi connectivity index (χ1n) is 10.5. The van der Waals surface area contributed by atoms with Gasteiger partial charge in [0.25, 0.3) is 11.8 Å². The number of carboxylic acids is 1. The maximum absolute atomic E-state index is 13.2. The largest absolute Gasteiger partial charge is 0.489 e. The van der Waals surface area contributed by atoms with Crippen molar-refractivity contribution in [1.29, 1.82) is 0 Å². The van der Waals surface area contributed by atoms with Gasteiger partial charge in [0.15, 0.2) is 5.11 Å². The van der Waals surface area contributed by atoms with Gasteiger partial charge in [-0.05, 0) is 84.4 Å². The molecule has 0 atom stereocenters. The number of benzene rings is 3. The van der Waals surface area contributed by atoms with Crippen molar-refractivity contribution in [1.82, 2.24) is 5.32 Å². The molecule has 3 aromatic rings. The number of anilines is 1. The topological polar surface area (TPSA) is 95.9 Å². The first kappa shape index (κ1) is 24.3. The molecular formula is C26H19BrN2O5S. The van der Waals surface area contributed by atoms with E-state index in [-0.39, 0.29) is 22.9 Å². The van der Waals surface area contributed by atoms with E-state index in [4.69, 9.17) is 22.1 Å². The van der Waals surface area contributed by atoms with Gasteiger partial charge in [0.1, 0.15) is 17.9 Å². The van der Waals surface area contributed by atoms with Crippen molar-refractivity contribution in [3.63, 3.8) is 0 Å². The molecule has 0 aliphatic carbocycles. The summed E-state index contributed by atoms with van der Waals surface area (Å²) in [7, 11) is 0. The number of carbonyl (C=O) groups excluding carboxylic acids is 2. The van der Waals surface area contributed by atoms with E-state index in [1.807, 2.05) is 13.0 Å². The van der Waals surface area contributed by atoms with Crippen molar-refractivity contribution in [2.75, 3.05) is 4.90 Å². The minimum Gasteiger partial charge on any atom is -0.489 e. The lowest BCUT2D eigenvalue weighted by molar-refractivity contribution is -0.122. The second-order valence-electron chi connectivity index (χ2n) is 7.75. The Bertz CT molecular complexity index is 1380. The Labute approximate surface area is 215 Å². The van der Waals surface area contributed by atoms with E-state index in [0.29, 0.717) is 17.0 Å². The van der Waals surface area contributed by atoms with Crippen LogP contribution in [0.5, 0.6) is 5.75 Å². The van der Waals surface area contributed by atoms with Gasteiger partial charge in [-0.25, -0.2) is 4.79 Å².